The molecule has 168 valence electrons. The van der Waals surface area contributed by atoms with Gasteiger partial charge in [0.1, 0.15) is 5.75 Å². The van der Waals surface area contributed by atoms with Crippen molar-refractivity contribution in [2.24, 2.45) is 0 Å². The molecule has 3 aromatic rings. The second kappa shape index (κ2) is 10.0. The van der Waals surface area contributed by atoms with E-state index in [1.807, 2.05) is 19.9 Å². The molecule has 0 fully saturated rings. The molecular weight excluding hydrogens is 448 g/mol. The zero-order chi connectivity index (χ0) is 23.3. The van der Waals surface area contributed by atoms with Crippen LogP contribution in [0.3, 0.4) is 0 Å². The molecule has 0 unspecified atom stereocenters. The number of hydrogen-bond donors (Lipinski definition) is 2. The molecule has 1 heterocycles. The van der Waals surface area contributed by atoms with Gasteiger partial charge in [-0.15, -0.1) is 0 Å². The third-order valence-corrected chi connectivity index (χ3v) is 6.76. The molecule has 0 spiro atoms. The molecule has 0 aliphatic carbocycles. The standard InChI is InChI=1S/C22H24N4O4S2/c1-14-9-10-17(25-21(27)13-31-22-23-15(2)11-16(3)24-22)12-20(14)32(28,29)26-18-7-5-6-8-19(18)30-4/h5-12,26H,13H2,1-4H3,(H,25,27). The number of para-hydroxylation sites is 2. The Balaban J connectivity index is 1.74. The van der Waals surface area contributed by atoms with Crippen LogP contribution in [0.5, 0.6) is 5.75 Å². The molecule has 10 heteroatoms. The van der Waals surface area contributed by atoms with Gasteiger partial charge in [-0.3, -0.25) is 9.52 Å². The van der Waals surface area contributed by atoms with Crippen molar-refractivity contribution in [1.82, 2.24) is 9.97 Å². The quantitative estimate of drug-likeness (QED) is 0.377. The molecule has 3 rings (SSSR count). The summed E-state index contributed by atoms with van der Waals surface area (Å²) in [6.07, 6.45) is 0. The average molecular weight is 473 g/mol. The SMILES string of the molecule is COc1ccccc1NS(=O)(=O)c1cc(NC(=O)CSc2nc(C)cc(C)n2)ccc1C. The molecule has 2 N–H and O–H groups in total. The third kappa shape index (κ3) is 5.98. The number of carbonyl (C=O) groups is 1. The van der Waals surface area contributed by atoms with E-state index in [-0.39, 0.29) is 16.6 Å². The maximum atomic E-state index is 13.0. The number of methoxy groups -OCH3 is 1. The number of hydrogen-bond acceptors (Lipinski definition) is 7. The molecule has 32 heavy (non-hydrogen) atoms. The maximum Gasteiger partial charge on any atom is 0.262 e. The highest BCUT2D eigenvalue weighted by atomic mass is 32.2. The Bertz CT molecular complexity index is 1230. The Morgan fingerprint density at radius 3 is 2.41 bits per heavy atom. The zero-order valence-electron chi connectivity index (χ0n) is 18.2. The van der Waals surface area contributed by atoms with Gasteiger partial charge in [0.25, 0.3) is 10.0 Å². The number of rotatable bonds is 8. The van der Waals surface area contributed by atoms with Gasteiger partial charge in [-0.1, -0.05) is 30.0 Å². The van der Waals surface area contributed by atoms with Gasteiger partial charge in [0.15, 0.2) is 5.16 Å². The smallest absolute Gasteiger partial charge is 0.262 e. The molecule has 1 aromatic heterocycles. The van der Waals surface area contributed by atoms with Crippen molar-refractivity contribution < 1.29 is 17.9 Å². The molecule has 1 amide bonds. The number of thioether (sulfide) groups is 1. The number of benzene rings is 2. The minimum Gasteiger partial charge on any atom is -0.495 e. The first-order valence-electron chi connectivity index (χ1n) is 9.69. The van der Waals surface area contributed by atoms with E-state index in [0.717, 1.165) is 11.4 Å². The summed E-state index contributed by atoms with van der Waals surface area (Å²) in [5, 5.41) is 3.25. The van der Waals surface area contributed by atoms with Crippen molar-refractivity contribution in [2.75, 3.05) is 22.9 Å². The van der Waals surface area contributed by atoms with Gasteiger partial charge in [0.2, 0.25) is 5.91 Å². The lowest BCUT2D eigenvalue weighted by molar-refractivity contribution is -0.113. The fraction of sp³-hybridized carbons (Fsp3) is 0.227. The predicted molar refractivity (Wildman–Crippen MR) is 126 cm³/mol. The summed E-state index contributed by atoms with van der Waals surface area (Å²) in [7, 11) is -2.44. The fourth-order valence-corrected chi connectivity index (χ4v) is 5.07. The fourth-order valence-electron chi connectivity index (χ4n) is 2.98. The minimum absolute atomic E-state index is 0.0616. The number of nitrogens with zero attached hydrogens (tertiary/aromatic N) is 2. The van der Waals surface area contributed by atoms with E-state index in [0.29, 0.717) is 27.8 Å². The molecule has 0 saturated heterocycles. The summed E-state index contributed by atoms with van der Waals surface area (Å²) in [5.74, 6) is 0.213. The van der Waals surface area contributed by atoms with Gasteiger partial charge in [-0.05, 0) is 56.7 Å². The monoisotopic (exact) mass is 472 g/mol. The number of carbonyl (C=O) groups excluding carboxylic acids is 1. The molecule has 0 aliphatic rings. The van der Waals surface area contributed by atoms with E-state index in [1.54, 1.807) is 43.3 Å². The molecule has 0 radical (unpaired) electrons. The first kappa shape index (κ1) is 23.6. The number of nitrogens with one attached hydrogen (secondary N) is 2. The van der Waals surface area contributed by atoms with Gasteiger partial charge < -0.3 is 10.1 Å². The van der Waals surface area contributed by atoms with Crippen LogP contribution in [0, 0.1) is 20.8 Å². The lowest BCUT2D eigenvalue weighted by Gasteiger charge is -2.14. The molecule has 0 atom stereocenters. The lowest BCUT2D eigenvalue weighted by Crippen LogP contribution is -2.17. The Kier molecular flexibility index (Phi) is 7.37. The van der Waals surface area contributed by atoms with E-state index in [9.17, 15) is 13.2 Å². The van der Waals surface area contributed by atoms with Crippen LogP contribution in [0.2, 0.25) is 0 Å². The zero-order valence-corrected chi connectivity index (χ0v) is 19.8. The summed E-state index contributed by atoms with van der Waals surface area (Å²) in [5.41, 5.74) is 2.91. The number of anilines is 2. The second-order valence-electron chi connectivity index (χ2n) is 7.06. The highest BCUT2D eigenvalue weighted by Gasteiger charge is 2.20. The highest BCUT2D eigenvalue weighted by Crippen LogP contribution is 2.28. The van der Waals surface area contributed by atoms with Crippen molar-refractivity contribution in [3.8, 4) is 5.75 Å². The normalized spacial score (nSPS) is 11.1. The number of amides is 1. The Morgan fingerprint density at radius 2 is 1.72 bits per heavy atom. The van der Waals surface area contributed by atoms with Crippen LogP contribution >= 0.6 is 11.8 Å². The molecule has 2 aromatic carbocycles. The van der Waals surface area contributed by atoms with E-state index in [2.05, 4.69) is 20.0 Å². The van der Waals surface area contributed by atoms with Crippen LogP contribution in [0.1, 0.15) is 17.0 Å². The summed E-state index contributed by atoms with van der Waals surface area (Å²) in [4.78, 5) is 21.1. The molecule has 0 bridgehead atoms. The minimum atomic E-state index is -3.91. The average Bonchev–Trinajstić information content (AvgIpc) is 2.73. The molecule has 0 saturated carbocycles. The molecule has 8 nitrogen and oxygen atoms in total. The second-order valence-corrected chi connectivity index (χ2v) is 9.65. The van der Waals surface area contributed by atoms with E-state index < -0.39 is 10.0 Å². The number of aromatic nitrogens is 2. The largest absolute Gasteiger partial charge is 0.495 e. The van der Waals surface area contributed by atoms with Crippen LogP contribution in [0.25, 0.3) is 0 Å². The third-order valence-electron chi connectivity index (χ3n) is 4.41. The topological polar surface area (TPSA) is 110 Å². The number of aryl methyl sites for hydroxylation is 3. The van der Waals surface area contributed by atoms with Crippen molar-refractivity contribution >= 4 is 39.1 Å². The first-order valence-corrected chi connectivity index (χ1v) is 12.2. The number of sulfonamides is 1. The van der Waals surface area contributed by atoms with Crippen LogP contribution in [0.15, 0.2) is 58.6 Å². The molecule has 0 aliphatic heterocycles. The van der Waals surface area contributed by atoms with Gasteiger partial charge in [0.05, 0.1) is 23.4 Å². The maximum absolute atomic E-state index is 13.0. The van der Waals surface area contributed by atoms with Crippen LogP contribution in [-0.4, -0.2) is 37.2 Å². The summed E-state index contributed by atoms with van der Waals surface area (Å²) >= 11 is 1.22. The van der Waals surface area contributed by atoms with Crippen LogP contribution < -0.4 is 14.8 Å². The summed E-state index contributed by atoms with van der Waals surface area (Å²) < 4.78 is 33.8. The number of ether oxygens (including phenoxy) is 1. The van der Waals surface area contributed by atoms with E-state index in [1.165, 1.54) is 24.9 Å². The van der Waals surface area contributed by atoms with Gasteiger partial charge >= 0.3 is 0 Å². The Labute approximate surface area is 191 Å². The van der Waals surface area contributed by atoms with Crippen LogP contribution in [-0.2, 0) is 14.8 Å². The van der Waals surface area contributed by atoms with Crippen molar-refractivity contribution in [2.45, 2.75) is 30.8 Å². The predicted octanol–water partition coefficient (Wildman–Crippen LogP) is 3.94. The van der Waals surface area contributed by atoms with Gasteiger partial charge in [0, 0.05) is 17.1 Å². The van der Waals surface area contributed by atoms with Gasteiger partial charge in [-0.2, -0.15) is 0 Å². The summed E-state index contributed by atoms with van der Waals surface area (Å²) in [6.45, 7) is 5.42. The van der Waals surface area contributed by atoms with Crippen molar-refractivity contribution in [1.29, 1.82) is 0 Å². The van der Waals surface area contributed by atoms with Crippen molar-refractivity contribution in [3.63, 3.8) is 0 Å². The van der Waals surface area contributed by atoms with E-state index in [4.69, 9.17) is 4.74 Å². The van der Waals surface area contributed by atoms with E-state index >= 15 is 0 Å². The Morgan fingerprint density at radius 1 is 1.03 bits per heavy atom. The Hall–Kier alpha value is -3.11. The highest BCUT2D eigenvalue weighted by molar-refractivity contribution is 7.99. The molecular formula is C22H24N4O4S2. The van der Waals surface area contributed by atoms with Crippen LogP contribution in [0.4, 0.5) is 11.4 Å². The van der Waals surface area contributed by atoms with Crippen molar-refractivity contribution in [3.05, 3.63) is 65.5 Å². The lowest BCUT2D eigenvalue weighted by atomic mass is 10.2. The van der Waals surface area contributed by atoms with Gasteiger partial charge in [-0.25, -0.2) is 18.4 Å². The first-order chi connectivity index (χ1) is 15.2. The summed E-state index contributed by atoms with van der Waals surface area (Å²) in [6, 6.07) is 13.3.